The highest BCUT2D eigenvalue weighted by Crippen LogP contribution is 2.16. The van der Waals surface area contributed by atoms with E-state index in [9.17, 15) is 14.9 Å². The molecule has 26 heavy (non-hydrogen) atoms. The highest BCUT2D eigenvalue weighted by atomic mass is 16.6. The summed E-state index contributed by atoms with van der Waals surface area (Å²) in [6, 6.07) is 13.4. The van der Waals surface area contributed by atoms with Crippen molar-refractivity contribution in [3.8, 4) is 5.75 Å². The van der Waals surface area contributed by atoms with Gasteiger partial charge in [-0.25, -0.2) is 0 Å². The van der Waals surface area contributed by atoms with Gasteiger partial charge in [-0.1, -0.05) is 24.8 Å². The van der Waals surface area contributed by atoms with E-state index in [0.717, 1.165) is 11.3 Å². The molecule has 0 aliphatic carbocycles. The maximum atomic E-state index is 12.1. The van der Waals surface area contributed by atoms with Crippen molar-refractivity contribution in [1.29, 1.82) is 0 Å². The minimum Gasteiger partial charge on any atom is -0.490 e. The van der Waals surface area contributed by atoms with E-state index in [1.807, 2.05) is 36.2 Å². The lowest BCUT2D eigenvalue weighted by molar-refractivity contribution is -0.384. The Balaban J connectivity index is 1.82. The molecule has 7 nitrogen and oxygen atoms in total. The number of hydrogen-bond acceptors (Lipinski definition) is 5. The van der Waals surface area contributed by atoms with Gasteiger partial charge in [0.25, 0.3) is 5.69 Å². The standard InChI is InChI=1S/C19H21N3O4/c1-3-12-26-18-10-4-15(5-11-18)13-21(2)14-19(23)20-16-6-8-17(9-7-16)22(24)25/h3-11H,1,12-14H2,2H3,(H,20,23). The first kappa shape index (κ1) is 19.1. The second-order valence-corrected chi connectivity index (χ2v) is 5.77. The summed E-state index contributed by atoms with van der Waals surface area (Å²) >= 11 is 0. The van der Waals surface area contributed by atoms with E-state index >= 15 is 0 Å². The minimum atomic E-state index is -0.479. The molecule has 0 aliphatic heterocycles. The van der Waals surface area contributed by atoms with Gasteiger partial charge in [0.1, 0.15) is 12.4 Å². The number of carbonyl (C=O) groups is 1. The predicted molar refractivity (Wildman–Crippen MR) is 100 cm³/mol. The number of nitro benzene ring substituents is 1. The second kappa shape index (κ2) is 9.33. The van der Waals surface area contributed by atoms with Crippen LogP contribution in [0.3, 0.4) is 0 Å². The smallest absolute Gasteiger partial charge is 0.269 e. The van der Waals surface area contributed by atoms with Crippen LogP contribution >= 0.6 is 0 Å². The molecule has 2 aromatic carbocycles. The molecule has 0 radical (unpaired) electrons. The lowest BCUT2D eigenvalue weighted by Crippen LogP contribution is -2.29. The molecule has 0 aromatic heterocycles. The van der Waals surface area contributed by atoms with Crippen molar-refractivity contribution >= 4 is 17.3 Å². The lowest BCUT2D eigenvalue weighted by Gasteiger charge is -2.16. The Bertz CT molecular complexity index is 757. The van der Waals surface area contributed by atoms with E-state index in [0.29, 0.717) is 18.8 Å². The van der Waals surface area contributed by atoms with Gasteiger partial charge in [-0.3, -0.25) is 19.8 Å². The van der Waals surface area contributed by atoms with Gasteiger partial charge in [-0.15, -0.1) is 0 Å². The van der Waals surface area contributed by atoms with Crippen LogP contribution in [0, 0.1) is 10.1 Å². The maximum absolute atomic E-state index is 12.1. The van der Waals surface area contributed by atoms with Crippen LogP contribution in [-0.2, 0) is 11.3 Å². The van der Waals surface area contributed by atoms with Gasteiger partial charge in [0.05, 0.1) is 11.5 Å². The summed E-state index contributed by atoms with van der Waals surface area (Å²) < 4.78 is 5.43. The topological polar surface area (TPSA) is 84.7 Å². The molecular formula is C19H21N3O4. The van der Waals surface area contributed by atoms with Crippen LogP contribution in [0.1, 0.15) is 5.56 Å². The zero-order chi connectivity index (χ0) is 18.9. The zero-order valence-corrected chi connectivity index (χ0v) is 14.6. The van der Waals surface area contributed by atoms with Crippen LogP contribution in [0.4, 0.5) is 11.4 Å². The fourth-order valence-corrected chi connectivity index (χ4v) is 2.33. The van der Waals surface area contributed by atoms with Crippen LogP contribution in [0.15, 0.2) is 61.2 Å². The quantitative estimate of drug-likeness (QED) is 0.424. The number of amides is 1. The SMILES string of the molecule is C=CCOc1ccc(CN(C)CC(=O)Nc2ccc([N+](=O)[O-])cc2)cc1. The third-order valence-electron chi connectivity index (χ3n) is 3.52. The molecule has 0 spiro atoms. The summed E-state index contributed by atoms with van der Waals surface area (Å²) in [4.78, 5) is 24.1. The van der Waals surface area contributed by atoms with Crippen molar-refractivity contribution < 1.29 is 14.5 Å². The van der Waals surface area contributed by atoms with Crippen molar-refractivity contribution in [2.45, 2.75) is 6.54 Å². The van der Waals surface area contributed by atoms with Crippen LogP contribution in [0.25, 0.3) is 0 Å². The fraction of sp³-hybridized carbons (Fsp3) is 0.211. The summed E-state index contributed by atoms with van der Waals surface area (Å²) in [5, 5.41) is 13.4. The zero-order valence-electron chi connectivity index (χ0n) is 14.6. The Kier molecular flexibility index (Phi) is 6.87. The fourth-order valence-electron chi connectivity index (χ4n) is 2.33. The normalized spacial score (nSPS) is 10.4. The summed E-state index contributed by atoms with van der Waals surface area (Å²) in [5.41, 5.74) is 1.57. The Morgan fingerprint density at radius 2 is 1.88 bits per heavy atom. The molecule has 7 heteroatoms. The van der Waals surface area contributed by atoms with Crippen molar-refractivity contribution in [3.63, 3.8) is 0 Å². The average Bonchev–Trinajstić information content (AvgIpc) is 2.61. The van der Waals surface area contributed by atoms with Gasteiger partial charge in [0.15, 0.2) is 0 Å². The first-order valence-corrected chi connectivity index (χ1v) is 8.03. The number of likely N-dealkylation sites (N-methyl/N-ethyl adjacent to an activating group) is 1. The maximum Gasteiger partial charge on any atom is 0.269 e. The number of anilines is 1. The van der Waals surface area contributed by atoms with Crippen molar-refractivity contribution in [2.24, 2.45) is 0 Å². The Morgan fingerprint density at radius 1 is 1.23 bits per heavy atom. The van der Waals surface area contributed by atoms with Gasteiger partial charge in [-0.05, 0) is 36.9 Å². The van der Waals surface area contributed by atoms with E-state index in [2.05, 4.69) is 11.9 Å². The second-order valence-electron chi connectivity index (χ2n) is 5.77. The molecule has 0 atom stereocenters. The van der Waals surface area contributed by atoms with Crippen LogP contribution in [-0.4, -0.2) is 35.9 Å². The molecule has 0 saturated heterocycles. The van der Waals surface area contributed by atoms with Gasteiger partial charge < -0.3 is 10.1 Å². The molecule has 136 valence electrons. The Labute approximate surface area is 152 Å². The minimum absolute atomic E-state index is 0.0133. The number of hydrogen-bond donors (Lipinski definition) is 1. The molecule has 0 saturated carbocycles. The van der Waals surface area contributed by atoms with Crippen LogP contribution in [0.2, 0.25) is 0 Å². The summed E-state index contributed by atoms with van der Waals surface area (Å²) in [7, 11) is 1.84. The molecule has 2 rings (SSSR count). The molecule has 0 bridgehead atoms. The lowest BCUT2D eigenvalue weighted by atomic mass is 10.2. The predicted octanol–water partition coefficient (Wildman–Crippen LogP) is 3.23. The third-order valence-corrected chi connectivity index (χ3v) is 3.52. The van der Waals surface area contributed by atoms with E-state index in [-0.39, 0.29) is 18.1 Å². The largest absolute Gasteiger partial charge is 0.490 e. The molecule has 2 aromatic rings. The average molecular weight is 355 g/mol. The summed E-state index contributed by atoms with van der Waals surface area (Å²) in [6.07, 6.45) is 1.69. The van der Waals surface area contributed by atoms with Crippen LogP contribution in [0.5, 0.6) is 5.75 Å². The van der Waals surface area contributed by atoms with E-state index in [1.165, 1.54) is 24.3 Å². The van der Waals surface area contributed by atoms with Crippen molar-refractivity contribution in [1.82, 2.24) is 4.90 Å². The molecular weight excluding hydrogens is 334 g/mol. The number of nitrogens with one attached hydrogen (secondary N) is 1. The summed E-state index contributed by atoms with van der Waals surface area (Å²) in [5.74, 6) is 0.583. The van der Waals surface area contributed by atoms with Crippen molar-refractivity contribution in [3.05, 3.63) is 76.9 Å². The van der Waals surface area contributed by atoms with Crippen molar-refractivity contribution in [2.75, 3.05) is 25.5 Å². The molecule has 0 fully saturated rings. The number of ether oxygens (including phenoxy) is 1. The van der Waals surface area contributed by atoms with E-state index in [4.69, 9.17) is 4.74 Å². The number of non-ortho nitro benzene ring substituents is 1. The number of rotatable bonds is 9. The number of nitro groups is 1. The Hall–Kier alpha value is -3.19. The van der Waals surface area contributed by atoms with E-state index < -0.39 is 4.92 Å². The van der Waals surface area contributed by atoms with Gasteiger partial charge in [-0.2, -0.15) is 0 Å². The van der Waals surface area contributed by atoms with Crippen LogP contribution < -0.4 is 10.1 Å². The molecule has 1 amide bonds. The number of carbonyl (C=O) groups excluding carboxylic acids is 1. The summed E-state index contributed by atoms with van der Waals surface area (Å²) in [6.45, 7) is 4.87. The van der Waals surface area contributed by atoms with Gasteiger partial charge >= 0.3 is 0 Å². The van der Waals surface area contributed by atoms with Gasteiger partial charge in [0.2, 0.25) is 5.91 Å². The monoisotopic (exact) mass is 355 g/mol. The highest BCUT2D eigenvalue weighted by molar-refractivity contribution is 5.92. The molecule has 1 N–H and O–H groups in total. The number of benzene rings is 2. The highest BCUT2D eigenvalue weighted by Gasteiger charge is 2.09. The molecule has 0 heterocycles. The first-order valence-electron chi connectivity index (χ1n) is 8.03. The molecule has 0 aliphatic rings. The number of nitrogens with zero attached hydrogens (tertiary/aromatic N) is 2. The van der Waals surface area contributed by atoms with E-state index in [1.54, 1.807) is 6.08 Å². The van der Waals surface area contributed by atoms with Gasteiger partial charge in [0, 0.05) is 24.4 Å². The molecule has 0 unspecified atom stereocenters. The Morgan fingerprint density at radius 3 is 2.46 bits per heavy atom. The first-order chi connectivity index (χ1) is 12.5. The third kappa shape index (κ3) is 6.03.